The summed E-state index contributed by atoms with van der Waals surface area (Å²) in [7, 11) is 1.36. The van der Waals surface area contributed by atoms with E-state index in [0.717, 1.165) is 16.7 Å². The van der Waals surface area contributed by atoms with Gasteiger partial charge in [0.15, 0.2) is 0 Å². The normalized spacial score (nSPS) is 14.0. The summed E-state index contributed by atoms with van der Waals surface area (Å²) >= 11 is 0. The number of carbonyl (C=O) groups is 1. The molecular formula is C27H31NO4. The van der Waals surface area contributed by atoms with Gasteiger partial charge in [0.1, 0.15) is 12.5 Å². The van der Waals surface area contributed by atoms with E-state index in [-0.39, 0.29) is 12.0 Å². The van der Waals surface area contributed by atoms with Crippen molar-refractivity contribution in [1.29, 1.82) is 0 Å². The Kier molecular flexibility index (Phi) is 8.56. The van der Waals surface area contributed by atoms with Crippen LogP contribution in [0, 0.1) is 0 Å². The Bertz CT molecular complexity index is 912. The standard InChI is InChI=1S/C27H31NO4/c1-20(17-23-13-15-24(16-14-23)27(31)32-2)28(25(29)18-21-9-5-3-6-10-21)26(30)19-22-11-7-4-8-12-22/h3-16,20,25-26,29-30H,17-19H2,1-2H3/t20?,25-,26-/m1/s1. The first-order valence-corrected chi connectivity index (χ1v) is 10.9. The molecule has 3 aromatic carbocycles. The van der Waals surface area contributed by atoms with Gasteiger partial charge < -0.3 is 14.9 Å². The summed E-state index contributed by atoms with van der Waals surface area (Å²) in [6.07, 6.45) is -0.253. The average Bonchev–Trinajstić information content (AvgIpc) is 2.80. The van der Waals surface area contributed by atoms with E-state index in [1.807, 2.05) is 79.7 Å². The van der Waals surface area contributed by atoms with Gasteiger partial charge in [0.25, 0.3) is 0 Å². The van der Waals surface area contributed by atoms with Crippen molar-refractivity contribution in [2.45, 2.75) is 44.7 Å². The molecule has 0 aliphatic rings. The largest absolute Gasteiger partial charge is 0.465 e. The monoisotopic (exact) mass is 433 g/mol. The number of ether oxygens (including phenoxy) is 1. The highest BCUT2D eigenvalue weighted by molar-refractivity contribution is 5.89. The van der Waals surface area contributed by atoms with Gasteiger partial charge in [0, 0.05) is 18.9 Å². The highest BCUT2D eigenvalue weighted by Crippen LogP contribution is 2.20. The molecule has 5 nitrogen and oxygen atoms in total. The number of rotatable bonds is 10. The molecule has 3 atom stereocenters. The van der Waals surface area contributed by atoms with Gasteiger partial charge in [-0.05, 0) is 42.2 Å². The summed E-state index contributed by atoms with van der Waals surface area (Å²) in [6.45, 7) is 2.00. The molecule has 3 aromatic rings. The minimum Gasteiger partial charge on any atom is -0.465 e. The number of aliphatic hydroxyl groups is 2. The highest BCUT2D eigenvalue weighted by atomic mass is 16.5. The Balaban J connectivity index is 1.77. The molecule has 1 unspecified atom stereocenters. The average molecular weight is 434 g/mol. The molecule has 0 radical (unpaired) electrons. The van der Waals surface area contributed by atoms with Crippen molar-refractivity contribution in [1.82, 2.24) is 4.90 Å². The van der Waals surface area contributed by atoms with Crippen LogP contribution in [0.1, 0.15) is 34.0 Å². The maximum atomic E-state index is 11.7. The van der Waals surface area contributed by atoms with E-state index in [9.17, 15) is 15.0 Å². The predicted molar refractivity (Wildman–Crippen MR) is 125 cm³/mol. The molecule has 5 heteroatoms. The fraction of sp³-hybridized carbons (Fsp3) is 0.296. The lowest BCUT2D eigenvalue weighted by molar-refractivity contribution is -0.120. The van der Waals surface area contributed by atoms with Gasteiger partial charge in [0.05, 0.1) is 12.7 Å². The van der Waals surface area contributed by atoms with Crippen LogP contribution in [-0.4, -0.2) is 46.7 Å². The third-order valence-corrected chi connectivity index (χ3v) is 5.63. The topological polar surface area (TPSA) is 70.0 Å². The van der Waals surface area contributed by atoms with Gasteiger partial charge >= 0.3 is 5.97 Å². The van der Waals surface area contributed by atoms with E-state index < -0.39 is 12.5 Å². The van der Waals surface area contributed by atoms with E-state index >= 15 is 0 Å². The van der Waals surface area contributed by atoms with Crippen molar-refractivity contribution in [2.24, 2.45) is 0 Å². The van der Waals surface area contributed by atoms with Crippen molar-refractivity contribution in [2.75, 3.05) is 7.11 Å². The van der Waals surface area contributed by atoms with Gasteiger partial charge in [-0.3, -0.25) is 0 Å². The fourth-order valence-corrected chi connectivity index (χ4v) is 3.99. The molecule has 0 aliphatic heterocycles. The van der Waals surface area contributed by atoms with E-state index in [1.54, 1.807) is 17.0 Å². The van der Waals surface area contributed by atoms with E-state index in [1.165, 1.54) is 7.11 Å². The van der Waals surface area contributed by atoms with Crippen LogP contribution in [-0.2, 0) is 24.0 Å². The second-order valence-corrected chi connectivity index (χ2v) is 8.03. The molecule has 168 valence electrons. The van der Waals surface area contributed by atoms with Gasteiger partial charge in [-0.2, -0.15) is 0 Å². The van der Waals surface area contributed by atoms with E-state index in [0.29, 0.717) is 24.8 Å². The Hall–Kier alpha value is -2.99. The maximum Gasteiger partial charge on any atom is 0.337 e. The second kappa shape index (κ2) is 11.6. The Morgan fingerprint density at radius 3 is 1.62 bits per heavy atom. The summed E-state index contributed by atoms with van der Waals surface area (Å²) in [5, 5.41) is 22.2. The SMILES string of the molecule is COC(=O)c1ccc(CC(C)N([C@H](O)Cc2ccccc2)[C@H](O)Cc2ccccc2)cc1. The van der Waals surface area contributed by atoms with Gasteiger partial charge in [-0.25, -0.2) is 9.69 Å². The minimum atomic E-state index is -0.847. The quantitative estimate of drug-likeness (QED) is 0.376. The molecule has 0 saturated heterocycles. The van der Waals surface area contributed by atoms with Crippen LogP contribution in [0.25, 0.3) is 0 Å². The first-order chi connectivity index (χ1) is 15.5. The molecule has 32 heavy (non-hydrogen) atoms. The first kappa shape index (κ1) is 23.7. The number of benzene rings is 3. The molecule has 0 amide bonds. The number of esters is 1. The summed E-state index contributed by atoms with van der Waals surface area (Å²) in [5.41, 5.74) is 3.51. The van der Waals surface area contributed by atoms with Gasteiger partial charge in [-0.15, -0.1) is 0 Å². The molecule has 0 bridgehead atoms. The third-order valence-electron chi connectivity index (χ3n) is 5.63. The van der Waals surface area contributed by atoms with Crippen LogP contribution in [0.3, 0.4) is 0 Å². The van der Waals surface area contributed by atoms with Gasteiger partial charge in [-0.1, -0.05) is 72.8 Å². The smallest absolute Gasteiger partial charge is 0.337 e. The van der Waals surface area contributed by atoms with Crippen LogP contribution in [0.4, 0.5) is 0 Å². The van der Waals surface area contributed by atoms with Crippen molar-refractivity contribution < 1.29 is 19.7 Å². The third kappa shape index (κ3) is 6.50. The zero-order chi connectivity index (χ0) is 22.9. The Labute approximate surface area is 189 Å². The Morgan fingerprint density at radius 2 is 1.19 bits per heavy atom. The number of hydrogen-bond acceptors (Lipinski definition) is 5. The molecule has 0 aliphatic carbocycles. The summed E-state index contributed by atoms with van der Waals surface area (Å²) in [5.74, 6) is -0.372. The van der Waals surface area contributed by atoms with Crippen molar-refractivity contribution in [3.63, 3.8) is 0 Å². The summed E-state index contributed by atoms with van der Waals surface area (Å²) in [6, 6.07) is 26.6. The molecule has 0 fully saturated rings. The molecule has 0 saturated carbocycles. The number of aliphatic hydroxyl groups excluding tert-OH is 2. The van der Waals surface area contributed by atoms with Crippen molar-refractivity contribution >= 4 is 5.97 Å². The van der Waals surface area contributed by atoms with Crippen molar-refractivity contribution in [3.05, 3.63) is 107 Å². The van der Waals surface area contributed by atoms with E-state index in [2.05, 4.69) is 0 Å². The molecular weight excluding hydrogens is 402 g/mol. The van der Waals surface area contributed by atoms with E-state index in [4.69, 9.17) is 4.74 Å². The maximum absolute atomic E-state index is 11.7. The lowest BCUT2D eigenvalue weighted by Gasteiger charge is -2.37. The minimum absolute atomic E-state index is 0.142. The Morgan fingerprint density at radius 1 is 0.750 bits per heavy atom. The predicted octanol–water partition coefficient (Wildman–Crippen LogP) is 3.83. The fourth-order valence-electron chi connectivity index (χ4n) is 3.99. The molecule has 3 rings (SSSR count). The molecule has 2 N–H and O–H groups in total. The first-order valence-electron chi connectivity index (χ1n) is 10.9. The zero-order valence-corrected chi connectivity index (χ0v) is 18.6. The number of methoxy groups -OCH3 is 1. The van der Waals surface area contributed by atoms with Crippen LogP contribution >= 0.6 is 0 Å². The van der Waals surface area contributed by atoms with Crippen LogP contribution in [0.15, 0.2) is 84.9 Å². The highest BCUT2D eigenvalue weighted by Gasteiger charge is 2.28. The lowest BCUT2D eigenvalue weighted by atomic mass is 10.0. The van der Waals surface area contributed by atoms with Gasteiger partial charge in [0.2, 0.25) is 0 Å². The van der Waals surface area contributed by atoms with Crippen LogP contribution in [0.2, 0.25) is 0 Å². The lowest BCUT2D eigenvalue weighted by Crippen LogP contribution is -2.51. The summed E-state index contributed by atoms with van der Waals surface area (Å²) in [4.78, 5) is 13.5. The number of nitrogens with zero attached hydrogens (tertiary/aromatic N) is 1. The molecule has 0 aromatic heterocycles. The van der Waals surface area contributed by atoms with Crippen LogP contribution < -0.4 is 0 Å². The second-order valence-electron chi connectivity index (χ2n) is 8.03. The number of hydrogen-bond donors (Lipinski definition) is 2. The van der Waals surface area contributed by atoms with Crippen molar-refractivity contribution in [3.8, 4) is 0 Å². The number of carbonyl (C=O) groups excluding carboxylic acids is 1. The zero-order valence-electron chi connectivity index (χ0n) is 18.6. The van der Waals surface area contributed by atoms with Crippen LogP contribution in [0.5, 0.6) is 0 Å². The summed E-state index contributed by atoms with van der Waals surface area (Å²) < 4.78 is 4.76. The molecule has 0 spiro atoms. The molecule has 0 heterocycles.